The van der Waals surface area contributed by atoms with Gasteiger partial charge in [0, 0.05) is 25.8 Å². The van der Waals surface area contributed by atoms with Crippen LogP contribution < -0.4 is 0 Å². The van der Waals surface area contributed by atoms with Gasteiger partial charge < -0.3 is 15.5 Å². The second-order valence-corrected chi connectivity index (χ2v) is 10.8. The van der Waals surface area contributed by atoms with E-state index >= 15 is 0 Å². The third-order valence-corrected chi connectivity index (χ3v) is 7.19. The first-order chi connectivity index (χ1) is 20.6. The van der Waals surface area contributed by atoms with E-state index in [-0.39, 0.29) is 32.1 Å². The van der Waals surface area contributed by atoms with Gasteiger partial charge in [-0.3, -0.25) is 0 Å². The summed E-state index contributed by atoms with van der Waals surface area (Å²) in [6.45, 7) is 14.3. The first-order valence-electron chi connectivity index (χ1n) is 15.4. The molecule has 4 heteroatoms. The van der Waals surface area contributed by atoms with Crippen molar-refractivity contribution in [3.63, 3.8) is 0 Å². The fourth-order valence-electron chi connectivity index (χ4n) is 4.85. The van der Waals surface area contributed by atoms with Crippen molar-refractivity contribution in [2.24, 2.45) is 0 Å². The molecule has 3 nitrogen and oxygen atoms in total. The molecule has 0 spiro atoms. The first kappa shape index (κ1) is 36.4. The summed E-state index contributed by atoms with van der Waals surface area (Å²) in [4.78, 5) is 2.47. The molecule has 43 heavy (non-hydrogen) atoms. The van der Waals surface area contributed by atoms with E-state index < -0.39 is 0 Å². The van der Waals surface area contributed by atoms with Crippen molar-refractivity contribution in [2.75, 3.05) is 13.1 Å². The molecular weight excluding hydrogens is 689 g/mol. The Kier molecular flexibility index (Phi) is 19.3. The van der Waals surface area contributed by atoms with Crippen molar-refractivity contribution in [3.8, 4) is 0 Å². The summed E-state index contributed by atoms with van der Waals surface area (Å²) >= 11 is 0. The van der Waals surface area contributed by atoms with Crippen molar-refractivity contribution in [1.29, 1.82) is 0 Å². The molecule has 0 amide bonds. The van der Waals surface area contributed by atoms with Crippen LogP contribution in [0, 0.1) is 20.8 Å². The minimum atomic E-state index is 0. The summed E-state index contributed by atoms with van der Waals surface area (Å²) in [5.74, 6) is 0. The molecule has 1 saturated carbocycles. The standard InChI is InChI=1S/C18H27N3.3C7H7.Hf/c1-3-9-16(10-4-1)15-19-18(21-13-7-8-14-21)20-17-11-5-2-6-12-17;3*1-7-5-3-2-4-6-7;/h1,3-4,9-10,17-18H,2,5-8,11-15H2;3*2-6H,1H2;/q-2;3*-1;. The van der Waals surface area contributed by atoms with Crippen LogP contribution in [-0.2, 0) is 32.4 Å². The average molecular weight is 737 g/mol. The Morgan fingerprint density at radius 3 is 1.33 bits per heavy atom. The van der Waals surface area contributed by atoms with Crippen LogP contribution in [0.3, 0.4) is 0 Å². The molecule has 2 fully saturated rings. The van der Waals surface area contributed by atoms with E-state index in [9.17, 15) is 0 Å². The third kappa shape index (κ3) is 16.6. The molecule has 1 saturated heterocycles. The summed E-state index contributed by atoms with van der Waals surface area (Å²) < 4.78 is 0. The fourth-order valence-corrected chi connectivity index (χ4v) is 4.85. The zero-order valence-corrected chi connectivity index (χ0v) is 29.3. The SMILES string of the molecule is [CH2-]c1ccccc1.[CH2-]c1ccccc1.[CH2-]c1ccccc1.[Hf].c1ccc(C[N-]C([N-]C2CCCCC2)N2CCCC2)cc1. The van der Waals surface area contributed by atoms with Crippen molar-refractivity contribution >= 4 is 0 Å². The minimum absolute atomic E-state index is 0. The molecule has 228 valence electrons. The van der Waals surface area contributed by atoms with Gasteiger partial charge in [0.05, 0.1) is 0 Å². The smallest absolute Gasteiger partial charge is 0 e. The number of rotatable bonds is 6. The van der Waals surface area contributed by atoms with E-state index in [4.69, 9.17) is 10.6 Å². The van der Waals surface area contributed by atoms with Crippen LogP contribution in [0.25, 0.3) is 10.6 Å². The van der Waals surface area contributed by atoms with Crippen molar-refractivity contribution in [3.05, 3.63) is 175 Å². The molecule has 0 N–H and O–H groups in total. The van der Waals surface area contributed by atoms with Crippen LogP contribution in [0.2, 0.25) is 0 Å². The Morgan fingerprint density at radius 1 is 0.558 bits per heavy atom. The van der Waals surface area contributed by atoms with Gasteiger partial charge in [-0.2, -0.15) is 80.1 Å². The van der Waals surface area contributed by atoms with Gasteiger partial charge >= 0.3 is 0 Å². The Hall–Kier alpha value is -2.76. The topological polar surface area (TPSA) is 31.4 Å². The zero-order chi connectivity index (χ0) is 29.7. The van der Waals surface area contributed by atoms with Crippen molar-refractivity contribution in [1.82, 2.24) is 4.90 Å². The summed E-state index contributed by atoms with van der Waals surface area (Å²) in [5, 5.41) is 10.0. The monoisotopic (exact) mass is 738 g/mol. The Labute approximate surface area is 281 Å². The van der Waals surface area contributed by atoms with Gasteiger partial charge in [0.2, 0.25) is 0 Å². The second kappa shape index (κ2) is 22.7. The van der Waals surface area contributed by atoms with E-state index in [0.29, 0.717) is 6.04 Å². The van der Waals surface area contributed by atoms with Crippen LogP contribution in [0.15, 0.2) is 121 Å². The summed E-state index contributed by atoms with van der Waals surface area (Å²) in [6.07, 6.45) is 9.32. The van der Waals surface area contributed by atoms with Crippen molar-refractivity contribution in [2.45, 2.75) is 63.8 Å². The molecule has 0 radical (unpaired) electrons. The van der Waals surface area contributed by atoms with Gasteiger partial charge in [0.1, 0.15) is 0 Å². The molecule has 1 unspecified atom stereocenters. The van der Waals surface area contributed by atoms with Crippen LogP contribution in [0.4, 0.5) is 0 Å². The van der Waals surface area contributed by atoms with Crippen molar-refractivity contribution < 1.29 is 25.8 Å². The van der Waals surface area contributed by atoms with Gasteiger partial charge in [0.15, 0.2) is 0 Å². The van der Waals surface area contributed by atoms with Gasteiger partial charge in [-0.25, -0.2) is 0 Å². The summed E-state index contributed by atoms with van der Waals surface area (Å²) in [6, 6.07) is 40.7. The zero-order valence-electron chi connectivity index (χ0n) is 25.7. The number of likely N-dealkylation sites (tertiary alicyclic amines) is 1. The van der Waals surface area contributed by atoms with E-state index in [1.165, 1.54) is 63.6 Å². The van der Waals surface area contributed by atoms with E-state index in [0.717, 1.165) is 23.2 Å². The van der Waals surface area contributed by atoms with Gasteiger partial charge in [-0.15, -0.1) is 49.0 Å². The second-order valence-electron chi connectivity index (χ2n) is 10.8. The summed E-state index contributed by atoms with van der Waals surface area (Å²) in [5.41, 5.74) is 4.51. The van der Waals surface area contributed by atoms with Crippen LogP contribution >= 0.6 is 0 Å². The number of benzene rings is 4. The maximum atomic E-state index is 5.09. The maximum absolute atomic E-state index is 5.09. The Morgan fingerprint density at radius 2 is 0.953 bits per heavy atom. The minimum Gasteiger partial charge on any atom is -0.663 e. The molecule has 1 aliphatic carbocycles. The Balaban J connectivity index is 0.000000239. The molecule has 0 bridgehead atoms. The van der Waals surface area contributed by atoms with Crippen LogP contribution in [0.1, 0.15) is 67.2 Å². The molecular formula is C39H48HfN3-5. The normalized spacial score (nSPS) is 15.2. The fraction of sp³-hybridized carbons (Fsp3) is 0.308. The number of hydrogen-bond donors (Lipinski definition) is 0. The quantitative estimate of drug-likeness (QED) is 0.143. The number of nitrogens with zero attached hydrogens (tertiary/aromatic N) is 3. The largest absolute Gasteiger partial charge is 0.663 e. The first-order valence-corrected chi connectivity index (χ1v) is 15.4. The molecule has 1 heterocycles. The Bertz CT molecular complexity index is 1070. The van der Waals surface area contributed by atoms with E-state index in [1.54, 1.807) is 0 Å². The maximum Gasteiger partial charge on any atom is 0 e. The number of hydrogen-bond acceptors (Lipinski definition) is 1. The predicted octanol–water partition coefficient (Wildman–Crippen LogP) is 10.2. The summed E-state index contributed by atoms with van der Waals surface area (Å²) in [7, 11) is 0. The van der Waals surface area contributed by atoms with Gasteiger partial charge in [-0.05, 0) is 25.9 Å². The van der Waals surface area contributed by atoms with Crippen LogP contribution in [0.5, 0.6) is 0 Å². The van der Waals surface area contributed by atoms with Gasteiger partial charge in [-0.1, -0.05) is 86.2 Å². The molecule has 6 rings (SSSR count). The third-order valence-electron chi connectivity index (χ3n) is 7.19. The predicted molar refractivity (Wildman–Crippen MR) is 181 cm³/mol. The molecule has 1 aliphatic heterocycles. The molecule has 4 aromatic carbocycles. The molecule has 0 aromatic heterocycles. The van der Waals surface area contributed by atoms with Crippen LogP contribution in [-0.4, -0.2) is 30.3 Å². The average Bonchev–Trinajstić information content (AvgIpc) is 3.58. The molecule has 2 aliphatic rings. The van der Waals surface area contributed by atoms with E-state index in [1.807, 2.05) is 91.0 Å². The van der Waals surface area contributed by atoms with Gasteiger partial charge in [0.25, 0.3) is 0 Å². The van der Waals surface area contributed by atoms with E-state index in [2.05, 4.69) is 56.0 Å². The molecule has 4 aromatic rings. The molecule has 1 atom stereocenters.